The van der Waals surface area contributed by atoms with Crippen molar-refractivity contribution in [2.24, 2.45) is 5.14 Å². The van der Waals surface area contributed by atoms with Crippen molar-refractivity contribution in [3.05, 3.63) is 46.8 Å². The van der Waals surface area contributed by atoms with Crippen LogP contribution in [0.4, 0.5) is 5.69 Å². The Hall–Kier alpha value is -2.11. The van der Waals surface area contributed by atoms with E-state index in [1.807, 2.05) is 36.6 Å². The Morgan fingerprint density at radius 2 is 2.04 bits per heavy atom. The molecule has 5 heteroatoms. The van der Waals surface area contributed by atoms with Crippen LogP contribution in [-0.2, 0) is 17.6 Å². The van der Waals surface area contributed by atoms with E-state index in [-0.39, 0.29) is 5.91 Å². The molecule has 124 valence electrons. The molecule has 1 aromatic carbocycles. The molecule has 4 N–H and O–H groups in total. The first-order valence-corrected chi connectivity index (χ1v) is 9.66. The minimum Gasteiger partial charge on any atom is -0.359 e. The average molecular weight is 339 g/mol. The van der Waals surface area contributed by atoms with Gasteiger partial charge in [-0.1, -0.05) is 10.7 Å². The fraction of sp³-hybridized carbons (Fsp3) is 0.263. The van der Waals surface area contributed by atoms with Crippen molar-refractivity contribution in [1.82, 2.24) is 4.98 Å². The van der Waals surface area contributed by atoms with Crippen LogP contribution in [0.3, 0.4) is 0 Å². The van der Waals surface area contributed by atoms with Crippen LogP contribution in [0.25, 0.3) is 11.6 Å². The molecule has 0 spiro atoms. The van der Waals surface area contributed by atoms with Crippen molar-refractivity contribution in [2.45, 2.75) is 37.5 Å². The predicted molar refractivity (Wildman–Crippen MR) is 102 cm³/mol. The summed E-state index contributed by atoms with van der Waals surface area (Å²) in [7, 11) is -0.399. The van der Waals surface area contributed by atoms with Gasteiger partial charge in [0.25, 0.3) is 5.91 Å². The minimum absolute atomic E-state index is 0.0490. The fourth-order valence-corrected chi connectivity index (χ4v) is 4.21. The van der Waals surface area contributed by atoms with Crippen LogP contribution in [0.2, 0.25) is 0 Å². The summed E-state index contributed by atoms with van der Waals surface area (Å²) in [6, 6.07) is 8.15. The molecule has 1 aromatic heterocycles. The van der Waals surface area contributed by atoms with Gasteiger partial charge < -0.3 is 10.3 Å². The van der Waals surface area contributed by atoms with E-state index in [2.05, 4.69) is 16.4 Å². The monoisotopic (exact) mass is 339 g/mol. The van der Waals surface area contributed by atoms with E-state index in [1.165, 1.54) is 24.1 Å². The highest BCUT2D eigenvalue weighted by Crippen LogP contribution is 2.36. The molecule has 0 bridgehead atoms. The normalized spacial score (nSPS) is 19.2. The maximum atomic E-state index is 12.4. The zero-order valence-corrected chi connectivity index (χ0v) is 14.5. The Morgan fingerprint density at radius 1 is 1.21 bits per heavy atom. The number of hydrogen-bond donors (Lipinski definition) is 3. The number of aryl methyl sites for hydroxylation is 2. The van der Waals surface area contributed by atoms with Crippen molar-refractivity contribution >= 4 is 39.3 Å². The van der Waals surface area contributed by atoms with Gasteiger partial charge in [-0.05, 0) is 73.9 Å². The van der Waals surface area contributed by atoms with Crippen molar-refractivity contribution < 1.29 is 4.79 Å². The van der Waals surface area contributed by atoms with Crippen LogP contribution < -0.4 is 10.5 Å². The lowest BCUT2D eigenvalue weighted by atomic mass is 9.98. The number of nitrogens with one attached hydrogen (secondary N) is 2. The second-order valence-electron chi connectivity index (χ2n) is 6.26. The van der Waals surface area contributed by atoms with Gasteiger partial charge in [0.1, 0.15) is 0 Å². The van der Waals surface area contributed by atoms with Crippen molar-refractivity contribution in [3.8, 4) is 0 Å². The van der Waals surface area contributed by atoms with Crippen LogP contribution in [0.5, 0.6) is 0 Å². The maximum absolute atomic E-state index is 12.4. The van der Waals surface area contributed by atoms with Gasteiger partial charge in [0.15, 0.2) is 0 Å². The zero-order chi connectivity index (χ0) is 16.7. The summed E-state index contributed by atoms with van der Waals surface area (Å²) < 4.78 is 0. The molecule has 4 rings (SSSR count). The van der Waals surface area contributed by atoms with Crippen molar-refractivity contribution in [2.75, 3.05) is 5.32 Å². The molecule has 0 radical (unpaired) electrons. The van der Waals surface area contributed by atoms with E-state index in [0.717, 1.165) is 34.7 Å². The predicted octanol–water partition coefficient (Wildman–Crippen LogP) is 3.71. The summed E-state index contributed by atoms with van der Waals surface area (Å²) in [6.45, 7) is 1.96. The van der Waals surface area contributed by atoms with Crippen molar-refractivity contribution in [1.29, 1.82) is 0 Å². The number of carbonyl (C=O) groups excluding carboxylic acids is 1. The van der Waals surface area contributed by atoms with Gasteiger partial charge in [0, 0.05) is 27.5 Å². The van der Waals surface area contributed by atoms with Gasteiger partial charge in [0.2, 0.25) is 0 Å². The first-order valence-electron chi connectivity index (χ1n) is 8.31. The van der Waals surface area contributed by atoms with Crippen molar-refractivity contribution in [3.63, 3.8) is 0 Å². The molecule has 1 aliphatic heterocycles. The summed E-state index contributed by atoms with van der Waals surface area (Å²) in [6.07, 6.45) is 6.69. The van der Waals surface area contributed by atoms with Crippen LogP contribution in [0.15, 0.2) is 29.2 Å². The topological polar surface area (TPSA) is 70.9 Å². The van der Waals surface area contributed by atoms with Crippen LogP contribution in [0.1, 0.15) is 42.3 Å². The number of hydrogen-bond acceptors (Lipinski definition) is 2. The number of H-pyrrole nitrogens is 1. The number of carbonyl (C=O) groups is 1. The molecular weight excluding hydrogens is 318 g/mol. The molecule has 2 aromatic rings. The lowest BCUT2D eigenvalue weighted by Gasteiger charge is -2.08. The van der Waals surface area contributed by atoms with Gasteiger partial charge in [-0.15, -0.1) is 0 Å². The number of amides is 1. The van der Waals surface area contributed by atoms with Gasteiger partial charge in [0.05, 0.1) is 5.57 Å². The average Bonchev–Trinajstić information content (AvgIpc) is 3.14. The van der Waals surface area contributed by atoms with E-state index in [1.54, 1.807) is 0 Å². The molecule has 2 aliphatic rings. The summed E-state index contributed by atoms with van der Waals surface area (Å²) in [4.78, 5) is 16.9. The highest BCUT2D eigenvalue weighted by molar-refractivity contribution is 8.13. The summed E-state index contributed by atoms with van der Waals surface area (Å²) in [5.74, 6) is -0.0490. The van der Waals surface area contributed by atoms with Gasteiger partial charge >= 0.3 is 0 Å². The lowest BCUT2D eigenvalue weighted by Crippen LogP contribution is -2.03. The molecule has 4 nitrogen and oxygen atoms in total. The largest absolute Gasteiger partial charge is 0.359 e. The van der Waals surface area contributed by atoms with E-state index in [4.69, 9.17) is 5.14 Å². The minimum atomic E-state index is -0.399. The fourth-order valence-electron chi connectivity index (χ4n) is 3.46. The Morgan fingerprint density at radius 3 is 2.83 bits per heavy atom. The molecule has 1 aliphatic carbocycles. The third kappa shape index (κ3) is 2.64. The number of rotatable bonds is 2. The molecule has 0 saturated carbocycles. The molecule has 1 unspecified atom stereocenters. The standard InChI is InChI=1S/C19H21N3OS/c1-2-24(20)14-7-8-18-15(11-14)16(19(23)22-18)10-13-9-12-5-3-4-6-17(12)21-13/h2,7-11,21H,3-6,20H2,1H3,(H,22,23)/b16-10-. The Labute approximate surface area is 144 Å². The highest BCUT2D eigenvalue weighted by Gasteiger charge is 2.25. The maximum Gasteiger partial charge on any atom is 0.256 e. The molecule has 1 amide bonds. The van der Waals surface area contributed by atoms with E-state index < -0.39 is 10.7 Å². The van der Waals surface area contributed by atoms with Crippen LogP contribution >= 0.6 is 10.7 Å². The van der Waals surface area contributed by atoms with Gasteiger partial charge in [-0.2, -0.15) is 0 Å². The first kappa shape index (κ1) is 15.4. The Balaban J connectivity index is 1.76. The lowest BCUT2D eigenvalue weighted by molar-refractivity contribution is -0.110. The Bertz CT molecular complexity index is 869. The molecular formula is C19H21N3OS. The van der Waals surface area contributed by atoms with E-state index in [9.17, 15) is 4.79 Å². The second-order valence-corrected chi connectivity index (χ2v) is 7.95. The summed E-state index contributed by atoms with van der Waals surface area (Å²) >= 11 is 0. The summed E-state index contributed by atoms with van der Waals surface area (Å²) in [5.41, 5.74) is 6.24. The molecule has 2 heterocycles. The SMILES string of the molecule is C/C=S(/N)c1ccc2c(c1)/C(=C/c1cc3c([nH]1)CCCC3)C(=O)N2. The molecule has 0 fully saturated rings. The molecule has 0 saturated heterocycles. The zero-order valence-electron chi connectivity index (χ0n) is 13.7. The summed E-state index contributed by atoms with van der Waals surface area (Å²) in [5, 5.41) is 11.1. The number of aromatic nitrogens is 1. The van der Waals surface area contributed by atoms with Gasteiger partial charge in [-0.25, -0.2) is 0 Å². The number of anilines is 1. The molecule has 1 atom stereocenters. The number of aromatic amines is 1. The van der Waals surface area contributed by atoms with Crippen LogP contribution in [0, 0.1) is 0 Å². The number of benzene rings is 1. The Kier molecular flexibility index (Phi) is 3.90. The second kappa shape index (κ2) is 6.07. The third-order valence-corrected chi connectivity index (χ3v) is 6.04. The smallest absolute Gasteiger partial charge is 0.256 e. The first-order chi connectivity index (χ1) is 11.7. The molecule has 24 heavy (non-hydrogen) atoms. The quantitative estimate of drug-likeness (QED) is 0.576. The highest BCUT2D eigenvalue weighted by atomic mass is 32.2. The van der Waals surface area contributed by atoms with Crippen LogP contribution in [-0.4, -0.2) is 16.3 Å². The number of fused-ring (bicyclic) bond motifs is 2. The number of nitrogens with two attached hydrogens (primary N) is 1. The third-order valence-electron chi connectivity index (χ3n) is 4.74. The van der Waals surface area contributed by atoms with Gasteiger partial charge in [-0.3, -0.25) is 9.93 Å². The van der Waals surface area contributed by atoms with E-state index in [0.29, 0.717) is 5.57 Å². The van der Waals surface area contributed by atoms with E-state index >= 15 is 0 Å².